The standard InChI is InChI=1S/C13H15NO/c1-2-12-9-6-10-14(12)13(15)11-7-4-3-5-8-11/h2-5,7-8,12H,1,6,9-10H2. The van der Waals surface area contributed by atoms with Crippen LogP contribution < -0.4 is 0 Å². The summed E-state index contributed by atoms with van der Waals surface area (Å²) in [6, 6.07) is 9.66. The molecule has 1 saturated heterocycles. The second kappa shape index (κ2) is 4.30. The molecule has 1 amide bonds. The lowest BCUT2D eigenvalue weighted by Gasteiger charge is -2.21. The molecule has 1 atom stereocenters. The van der Waals surface area contributed by atoms with E-state index in [-0.39, 0.29) is 11.9 Å². The van der Waals surface area contributed by atoms with Crippen LogP contribution in [0.5, 0.6) is 0 Å². The first-order valence-electron chi connectivity index (χ1n) is 5.31. The van der Waals surface area contributed by atoms with Gasteiger partial charge in [0.1, 0.15) is 0 Å². The van der Waals surface area contributed by atoms with Gasteiger partial charge >= 0.3 is 0 Å². The highest BCUT2D eigenvalue weighted by Crippen LogP contribution is 2.20. The van der Waals surface area contributed by atoms with E-state index in [0.29, 0.717) is 0 Å². The molecule has 2 heteroatoms. The molecule has 0 aliphatic carbocycles. The molecule has 0 radical (unpaired) electrons. The van der Waals surface area contributed by atoms with Gasteiger partial charge in [0, 0.05) is 12.1 Å². The lowest BCUT2D eigenvalue weighted by molar-refractivity contribution is 0.0762. The van der Waals surface area contributed by atoms with Crippen LogP contribution in [-0.4, -0.2) is 23.4 Å². The van der Waals surface area contributed by atoms with Gasteiger partial charge in [-0.25, -0.2) is 0 Å². The van der Waals surface area contributed by atoms with E-state index in [1.54, 1.807) is 0 Å². The van der Waals surface area contributed by atoms with Gasteiger partial charge in [-0.15, -0.1) is 6.58 Å². The zero-order chi connectivity index (χ0) is 10.7. The van der Waals surface area contributed by atoms with E-state index >= 15 is 0 Å². The van der Waals surface area contributed by atoms with Crippen molar-refractivity contribution >= 4 is 5.91 Å². The van der Waals surface area contributed by atoms with Crippen molar-refractivity contribution in [2.75, 3.05) is 6.54 Å². The van der Waals surface area contributed by atoms with E-state index in [9.17, 15) is 4.79 Å². The Kier molecular flexibility index (Phi) is 2.86. The van der Waals surface area contributed by atoms with Crippen molar-refractivity contribution in [1.29, 1.82) is 0 Å². The van der Waals surface area contributed by atoms with Gasteiger partial charge in [0.2, 0.25) is 0 Å². The third kappa shape index (κ3) is 1.94. The lowest BCUT2D eigenvalue weighted by atomic mass is 10.1. The van der Waals surface area contributed by atoms with Gasteiger partial charge in [0.15, 0.2) is 0 Å². The summed E-state index contributed by atoms with van der Waals surface area (Å²) in [6.45, 7) is 4.63. The average Bonchev–Trinajstić information content (AvgIpc) is 2.77. The normalized spacial score (nSPS) is 20.3. The third-order valence-electron chi connectivity index (χ3n) is 2.85. The number of likely N-dealkylation sites (tertiary alicyclic amines) is 1. The first-order chi connectivity index (χ1) is 7.33. The van der Waals surface area contributed by atoms with Crippen molar-refractivity contribution in [3.63, 3.8) is 0 Å². The van der Waals surface area contributed by atoms with Crippen LogP contribution >= 0.6 is 0 Å². The van der Waals surface area contributed by atoms with E-state index in [0.717, 1.165) is 24.9 Å². The van der Waals surface area contributed by atoms with Crippen molar-refractivity contribution in [2.45, 2.75) is 18.9 Å². The van der Waals surface area contributed by atoms with Gasteiger partial charge in [-0.2, -0.15) is 0 Å². The molecule has 0 spiro atoms. The van der Waals surface area contributed by atoms with Crippen LogP contribution in [-0.2, 0) is 0 Å². The smallest absolute Gasteiger partial charge is 0.254 e. The third-order valence-corrected chi connectivity index (χ3v) is 2.85. The summed E-state index contributed by atoms with van der Waals surface area (Å²) in [6.07, 6.45) is 3.99. The summed E-state index contributed by atoms with van der Waals surface area (Å²) in [7, 11) is 0. The molecular formula is C13H15NO. The average molecular weight is 201 g/mol. The number of amides is 1. The fraction of sp³-hybridized carbons (Fsp3) is 0.308. The molecule has 2 nitrogen and oxygen atoms in total. The minimum atomic E-state index is 0.123. The highest BCUT2D eigenvalue weighted by Gasteiger charge is 2.26. The van der Waals surface area contributed by atoms with Gasteiger partial charge in [0.25, 0.3) is 5.91 Å². The summed E-state index contributed by atoms with van der Waals surface area (Å²) in [5.41, 5.74) is 0.770. The Balaban J connectivity index is 2.18. The molecule has 0 bridgehead atoms. The number of benzene rings is 1. The maximum atomic E-state index is 12.1. The molecule has 1 unspecified atom stereocenters. The SMILES string of the molecule is C=CC1CCCN1C(=O)c1ccccc1. The fourth-order valence-corrected chi connectivity index (χ4v) is 2.04. The Morgan fingerprint density at radius 2 is 2.13 bits per heavy atom. The molecule has 1 aliphatic heterocycles. The van der Waals surface area contributed by atoms with Gasteiger partial charge in [-0.3, -0.25) is 4.79 Å². The predicted molar refractivity (Wildman–Crippen MR) is 60.7 cm³/mol. The number of carbonyl (C=O) groups is 1. The highest BCUT2D eigenvalue weighted by atomic mass is 16.2. The summed E-state index contributed by atoms with van der Waals surface area (Å²) in [5.74, 6) is 0.123. The van der Waals surface area contributed by atoms with E-state index in [1.807, 2.05) is 41.3 Å². The molecule has 2 rings (SSSR count). The molecular weight excluding hydrogens is 186 g/mol. The van der Waals surface area contributed by atoms with Crippen LogP contribution in [0.3, 0.4) is 0 Å². The monoisotopic (exact) mass is 201 g/mol. The molecule has 1 aromatic carbocycles. The summed E-state index contributed by atoms with van der Waals surface area (Å²) >= 11 is 0. The van der Waals surface area contributed by atoms with Crippen LogP contribution in [0.25, 0.3) is 0 Å². The molecule has 0 aromatic heterocycles. The Labute approximate surface area is 90.2 Å². The Morgan fingerprint density at radius 1 is 1.40 bits per heavy atom. The zero-order valence-corrected chi connectivity index (χ0v) is 8.73. The molecule has 1 heterocycles. The highest BCUT2D eigenvalue weighted by molar-refractivity contribution is 5.94. The predicted octanol–water partition coefficient (Wildman–Crippen LogP) is 2.48. The molecule has 78 valence electrons. The maximum Gasteiger partial charge on any atom is 0.254 e. The molecule has 15 heavy (non-hydrogen) atoms. The van der Waals surface area contributed by atoms with Crippen LogP contribution in [0, 0.1) is 0 Å². The summed E-state index contributed by atoms with van der Waals surface area (Å²) in [4.78, 5) is 14.0. The van der Waals surface area contributed by atoms with Crippen LogP contribution in [0.4, 0.5) is 0 Å². The Bertz CT molecular complexity index is 358. The molecule has 1 fully saturated rings. The largest absolute Gasteiger partial charge is 0.332 e. The summed E-state index contributed by atoms with van der Waals surface area (Å²) in [5, 5.41) is 0. The second-order valence-corrected chi connectivity index (χ2v) is 3.81. The first-order valence-corrected chi connectivity index (χ1v) is 5.31. The van der Waals surface area contributed by atoms with Gasteiger partial charge in [0.05, 0.1) is 6.04 Å². The van der Waals surface area contributed by atoms with Gasteiger partial charge < -0.3 is 4.90 Å². The Hall–Kier alpha value is -1.57. The number of hydrogen-bond acceptors (Lipinski definition) is 1. The van der Waals surface area contributed by atoms with Crippen molar-refractivity contribution in [2.24, 2.45) is 0 Å². The van der Waals surface area contributed by atoms with E-state index < -0.39 is 0 Å². The zero-order valence-electron chi connectivity index (χ0n) is 8.73. The quantitative estimate of drug-likeness (QED) is 0.673. The Morgan fingerprint density at radius 3 is 2.80 bits per heavy atom. The van der Waals surface area contributed by atoms with Crippen LogP contribution in [0.2, 0.25) is 0 Å². The molecule has 1 aromatic rings. The van der Waals surface area contributed by atoms with Crippen LogP contribution in [0.15, 0.2) is 43.0 Å². The number of rotatable bonds is 2. The number of nitrogens with zero attached hydrogens (tertiary/aromatic N) is 1. The maximum absolute atomic E-state index is 12.1. The van der Waals surface area contributed by atoms with E-state index in [2.05, 4.69) is 6.58 Å². The summed E-state index contributed by atoms with van der Waals surface area (Å²) < 4.78 is 0. The van der Waals surface area contributed by atoms with Crippen molar-refractivity contribution in [3.8, 4) is 0 Å². The first kappa shape index (κ1) is 9.97. The van der Waals surface area contributed by atoms with Crippen molar-refractivity contribution < 1.29 is 4.79 Å². The fourth-order valence-electron chi connectivity index (χ4n) is 2.04. The second-order valence-electron chi connectivity index (χ2n) is 3.81. The van der Waals surface area contributed by atoms with E-state index in [1.165, 1.54) is 0 Å². The number of hydrogen-bond donors (Lipinski definition) is 0. The van der Waals surface area contributed by atoms with Crippen molar-refractivity contribution in [1.82, 2.24) is 4.90 Å². The lowest BCUT2D eigenvalue weighted by Crippen LogP contribution is -2.34. The molecule has 0 N–H and O–H groups in total. The minimum Gasteiger partial charge on any atom is -0.332 e. The van der Waals surface area contributed by atoms with E-state index in [4.69, 9.17) is 0 Å². The van der Waals surface area contributed by atoms with Crippen LogP contribution in [0.1, 0.15) is 23.2 Å². The van der Waals surface area contributed by atoms with Gasteiger partial charge in [-0.1, -0.05) is 24.3 Å². The van der Waals surface area contributed by atoms with Crippen molar-refractivity contribution in [3.05, 3.63) is 48.6 Å². The molecule has 1 aliphatic rings. The number of carbonyl (C=O) groups excluding carboxylic acids is 1. The topological polar surface area (TPSA) is 20.3 Å². The molecule has 0 saturated carbocycles. The minimum absolute atomic E-state index is 0.123. The van der Waals surface area contributed by atoms with Gasteiger partial charge in [-0.05, 0) is 25.0 Å².